The number of methoxy groups -OCH3 is 1. The Labute approximate surface area is 99.2 Å². The summed E-state index contributed by atoms with van der Waals surface area (Å²) >= 11 is 4.69. The predicted octanol–water partition coefficient (Wildman–Crippen LogP) is 2.20. The first-order valence-corrected chi connectivity index (χ1v) is 5.06. The zero-order valence-electron chi connectivity index (χ0n) is 9.33. The lowest BCUT2D eigenvalue weighted by molar-refractivity contribution is -0.114. The van der Waals surface area contributed by atoms with Gasteiger partial charge in [0.2, 0.25) is 5.91 Å². The molecule has 1 aromatic rings. The maximum atomic E-state index is 11.0. The molecular formula is C11H13NO3S. The van der Waals surface area contributed by atoms with Gasteiger partial charge in [-0.1, -0.05) is 0 Å². The molecule has 0 aliphatic rings. The van der Waals surface area contributed by atoms with E-state index in [1.807, 2.05) is 6.92 Å². The fourth-order valence-corrected chi connectivity index (χ4v) is 1.51. The normalized spacial score (nSPS) is 9.69. The number of amides is 1. The molecule has 0 saturated heterocycles. The summed E-state index contributed by atoms with van der Waals surface area (Å²) in [6, 6.07) is 3.31. The van der Waals surface area contributed by atoms with Gasteiger partial charge in [0.15, 0.2) is 5.05 Å². The number of ether oxygens (including phenoxy) is 1. The monoisotopic (exact) mass is 239 g/mol. The van der Waals surface area contributed by atoms with Crippen molar-refractivity contribution >= 4 is 28.9 Å². The number of aryl methyl sites for hydroxylation is 1. The number of aliphatic hydroxyl groups is 1. The molecule has 0 fully saturated rings. The lowest BCUT2D eigenvalue weighted by Gasteiger charge is -2.12. The molecule has 86 valence electrons. The number of carbonyl (C=O) groups excluding carboxylic acids is 1. The van der Waals surface area contributed by atoms with Gasteiger partial charge in [-0.3, -0.25) is 4.79 Å². The topological polar surface area (TPSA) is 58.6 Å². The minimum atomic E-state index is -0.227. The molecule has 1 amide bonds. The summed E-state index contributed by atoms with van der Waals surface area (Å²) in [7, 11) is 1.48. The molecule has 0 aromatic heterocycles. The fraction of sp³-hybridized carbons (Fsp3) is 0.273. The van der Waals surface area contributed by atoms with E-state index in [1.54, 1.807) is 12.1 Å². The lowest BCUT2D eigenvalue weighted by Crippen LogP contribution is -2.09. The quantitative estimate of drug-likeness (QED) is 0.794. The number of rotatable bonds is 3. The van der Waals surface area contributed by atoms with Crippen LogP contribution >= 0.6 is 12.2 Å². The smallest absolute Gasteiger partial charge is 0.221 e. The molecule has 0 unspecified atom stereocenters. The highest BCUT2D eigenvalue weighted by molar-refractivity contribution is 7.80. The first-order valence-electron chi connectivity index (χ1n) is 4.65. The lowest BCUT2D eigenvalue weighted by atomic mass is 10.1. The van der Waals surface area contributed by atoms with E-state index in [-0.39, 0.29) is 11.0 Å². The summed E-state index contributed by atoms with van der Waals surface area (Å²) in [5.74, 6) is 0.270. The van der Waals surface area contributed by atoms with Crippen LogP contribution in [0.4, 0.5) is 5.69 Å². The minimum absolute atomic E-state index is 0.163. The molecule has 1 aromatic carbocycles. The highest BCUT2D eigenvalue weighted by Crippen LogP contribution is 2.27. The van der Waals surface area contributed by atoms with E-state index in [9.17, 15) is 9.90 Å². The average molecular weight is 239 g/mol. The maximum Gasteiger partial charge on any atom is 0.221 e. The second-order valence-electron chi connectivity index (χ2n) is 3.35. The van der Waals surface area contributed by atoms with Gasteiger partial charge in [-0.15, -0.1) is 0 Å². The molecule has 4 nitrogen and oxygen atoms in total. The molecular weight excluding hydrogens is 226 g/mol. The van der Waals surface area contributed by atoms with E-state index in [0.717, 1.165) is 5.56 Å². The molecule has 0 aliphatic heterocycles. The maximum absolute atomic E-state index is 11.0. The molecule has 0 heterocycles. The van der Waals surface area contributed by atoms with Crippen LogP contribution in [-0.2, 0) is 4.79 Å². The molecule has 0 radical (unpaired) electrons. The van der Waals surface area contributed by atoms with Crippen LogP contribution in [0.25, 0.3) is 0 Å². The van der Waals surface area contributed by atoms with Crippen LogP contribution < -0.4 is 10.1 Å². The highest BCUT2D eigenvalue weighted by Gasteiger charge is 2.11. The molecule has 0 aliphatic carbocycles. The average Bonchev–Trinajstić information content (AvgIpc) is 2.19. The van der Waals surface area contributed by atoms with Crippen molar-refractivity contribution in [2.45, 2.75) is 13.8 Å². The van der Waals surface area contributed by atoms with Crippen molar-refractivity contribution < 1.29 is 14.6 Å². The van der Waals surface area contributed by atoms with Crippen LogP contribution in [0.5, 0.6) is 5.75 Å². The molecule has 2 N–H and O–H groups in total. The first kappa shape index (κ1) is 12.4. The van der Waals surface area contributed by atoms with Gasteiger partial charge in [0.05, 0.1) is 12.7 Å². The number of thiocarbonyl (C=S) groups is 1. The predicted molar refractivity (Wildman–Crippen MR) is 66.4 cm³/mol. The SMILES string of the molecule is COc1cc(NC(C)=O)c(C)cc1C(O)=S. The van der Waals surface area contributed by atoms with Crippen LogP contribution in [0, 0.1) is 6.92 Å². The van der Waals surface area contributed by atoms with Crippen molar-refractivity contribution in [3.63, 3.8) is 0 Å². The van der Waals surface area contributed by atoms with Gasteiger partial charge in [0.1, 0.15) is 5.75 Å². The molecule has 0 atom stereocenters. The van der Waals surface area contributed by atoms with E-state index in [2.05, 4.69) is 5.32 Å². The summed E-state index contributed by atoms with van der Waals surface area (Å²) in [5.41, 5.74) is 1.90. The van der Waals surface area contributed by atoms with E-state index >= 15 is 0 Å². The Morgan fingerprint density at radius 3 is 2.56 bits per heavy atom. The third-order valence-corrected chi connectivity index (χ3v) is 2.31. The number of nitrogens with one attached hydrogen (secondary N) is 1. The Kier molecular flexibility index (Phi) is 3.84. The van der Waals surface area contributed by atoms with Gasteiger partial charge < -0.3 is 15.2 Å². The van der Waals surface area contributed by atoms with Gasteiger partial charge in [-0.25, -0.2) is 0 Å². The van der Waals surface area contributed by atoms with Crippen LogP contribution in [0.1, 0.15) is 18.1 Å². The summed E-state index contributed by atoms with van der Waals surface area (Å²) in [5, 5.41) is 11.7. The summed E-state index contributed by atoms with van der Waals surface area (Å²) in [6.45, 7) is 3.24. The molecule has 0 saturated carbocycles. The summed E-state index contributed by atoms with van der Waals surface area (Å²) < 4.78 is 5.09. The van der Waals surface area contributed by atoms with Crippen LogP contribution in [-0.4, -0.2) is 23.2 Å². The number of benzene rings is 1. The van der Waals surface area contributed by atoms with E-state index in [0.29, 0.717) is 17.0 Å². The van der Waals surface area contributed by atoms with E-state index < -0.39 is 0 Å². The van der Waals surface area contributed by atoms with Gasteiger partial charge in [-0.2, -0.15) is 0 Å². The van der Waals surface area contributed by atoms with Gasteiger partial charge >= 0.3 is 0 Å². The molecule has 5 heteroatoms. The molecule has 0 spiro atoms. The van der Waals surface area contributed by atoms with Crippen molar-refractivity contribution in [1.82, 2.24) is 0 Å². The number of hydrogen-bond donors (Lipinski definition) is 2. The zero-order valence-corrected chi connectivity index (χ0v) is 10.1. The van der Waals surface area contributed by atoms with Crippen LogP contribution in [0.2, 0.25) is 0 Å². The minimum Gasteiger partial charge on any atom is -0.498 e. The van der Waals surface area contributed by atoms with Crippen molar-refractivity contribution in [2.24, 2.45) is 0 Å². The third-order valence-electron chi connectivity index (χ3n) is 2.09. The van der Waals surface area contributed by atoms with Crippen molar-refractivity contribution in [3.05, 3.63) is 23.3 Å². The number of carbonyl (C=O) groups is 1. The van der Waals surface area contributed by atoms with Crippen LogP contribution in [0.15, 0.2) is 12.1 Å². The number of aliphatic hydroxyl groups excluding tert-OH is 1. The van der Waals surface area contributed by atoms with Gasteiger partial charge in [0.25, 0.3) is 0 Å². The molecule has 16 heavy (non-hydrogen) atoms. The van der Waals surface area contributed by atoms with E-state index in [1.165, 1.54) is 14.0 Å². The Balaban J connectivity index is 3.25. The Morgan fingerprint density at radius 2 is 2.12 bits per heavy atom. The Bertz CT molecular complexity index is 443. The van der Waals surface area contributed by atoms with Crippen molar-refractivity contribution in [1.29, 1.82) is 0 Å². The Morgan fingerprint density at radius 1 is 1.50 bits per heavy atom. The second kappa shape index (κ2) is 4.94. The number of anilines is 1. The highest BCUT2D eigenvalue weighted by atomic mass is 32.1. The van der Waals surface area contributed by atoms with E-state index in [4.69, 9.17) is 17.0 Å². The standard InChI is InChI=1S/C11H13NO3S/c1-6-4-8(11(14)16)10(15-3)5-9(6)12-7(2)13/h4-5H,1-3H3,(H,12,13)(H,14,16). The summed E-state index contributed by atoms with van der Waals surface area (Å²) in [4.78, 5) is 11.0. The number of hydrogen-bond acceptors (Lipinski definition) is 3. The van der Waals surface area contributed by atoms with Gasteiger partial charge in [0, 0.05) is 18.7 Å². The van der Waals surface area contributed by atoms with Crippen molar-refractivity contribution in [3.8, 4) is 5.75 Å². The third kappa shape index (κ3) is 2.70. The first-order chi connectivity index (χ1) is 7.45. The second-order valence-corrected chi connectivity index (χ2v) is 3.74. The van der Waals surface area contributed by atoms with Crippen LogP contribution in [0.3, 0.4) is 0 Å². The summed E-state index contributed by atoms with van der Waals surface area (Å²) in [6.07, 6.45) is 0. The van der Waals surface area contributed by atoms with Crippen molar-refractivity contribution in [2.75, 3.05) is 12.4 Å². The molecule has 0 bridgehead atoms. The fourth-order valence-electron chi connectivity index (χ4n) is 1.35. The largest absolute Gasteiger partial charge is 0.498 e. The van der Waals surface area contributed by atoms with Gasteiger partial charge in [-0.05, 0) is 30.8 Å². The zero-order chi connectivity index (χ0) is 12.3. The Hall–Kier alpha value is -1.62. The molecule has 1 rings (SSSR count).